The number of nitrogens with zero attached hydrogens (tertiary/aromatic N) is 1. The van der Waals surface area contributed by atoms with Crippen molar-refractivity contribution in [3.8, 4) is 0 Å². The van der Waals surface area contributed by atoms with E-state index in [-0.39, 0.29) is 24.3 Å². The zero-order valence-corrected chi connectivity index (χ0v) is 12.1. The lowest BCUT2D eigenvalue weighted by atomic mass is 10.1. The summed E-state index contributed by atoms with van der Waals surface area (Å²) in [5, 5.41) is 13.8. The highest BCUT2D eigenvalue weighted by Crippen LogP contribution is 2.22. The number of hydrogen-bond acceptors (Lipinski definition) is 5. The van der Waals surface area contributed by atoms with E-state index in [0.717, 1.165) is 12.1 Å². The van der Waals surface area contributed by atoms with Crippen LogP contribution in [0.2, 0.25) is 0 Å². The number of nitrogens with one attached hydrogen (secondary N) is 1. The maximum Gasteiger partial charge on any atom is 0.303 e. The van der Waals surface area contributed by atoms with E-state index in [2.05, 4.69) is 10.3 Å². The summed E-state index contributed by atoms with van der Waals surface area (Å²) < 4.78 is 5.37. The molecule has 6 nitrogen and oxygen atoms in total. The van der Waals surface area contributed by atoms with Gasteiger partial charge >= 0.3 is 5.97 Å². The van der Waals surface area contributed by atoms with Crippen molar-refractivity contribution in [2.75, 3.05) is 11.9 Å². The second-order valence-corrected chi connectivity index (χ2v) is 5.82. The first kappa shape index (κ1) is 14.9. The molecule has 2 heterocycles. The van der Waals surface area contributed by atoms with Crippen LogP contribution in [-0.4, -0.2) is 34.7 Å². The molecule has 1 saturated heterocycles. The lowest BCUT2D eigenvalue weighted by Gasteiger charge is -2.06. The van der Waals surface area contributed by atoms with Crippen LogP contribution in [0.15, 0.2) is 5.38 Å². The van der Waals surface area contributed by atoms with Gasteiger partial charge in [-0.05, 0) is 26.2 Å². The van der Waals surface area contributed by atoms with Crippen molar-refractivity contribution in [1.82, 2.24) is 4.98 Å². The van der Waals surface area contributed by atoms with Crippen molar-refractivity contribution in [3.63, 3.8) is 0 Å². The van der Waals surface area contributed by atoms with E-state index in [0.29, 0.717) is 24.6 Å². The molecule has 0 saturated carbocycles. The summed E-state index contributed by atoms with van der Waals surface area (Å²) in [5.74, 6) is -0.964. The number of amides is 1. The van der Waals surface area contributed by atoms with E-state index >= 15 is 0 Å². The number of carboxylic acid groups (broad SMARTS) is 1. The van der Waals surface area contributed by atoms with Crippen LogP contribution in [0.5, 0.6) is 0 Å². The van der Waals surface area contributed by atoms with Crippen LogP contribution in [0.4, 0.5) is 5.13 Å². The Morgan fingerprint density at radius 3 is 3.05 bits per heavy atom. The molecule has 0 spiro atoms. The molecule has 1 amide bonds. The Morgan fingerprint density at radius 1 is 1.60 bits per heavy atom. The number of carboxylic acids is 1. The number of thiazole rings is 1. The van der Waals surface area contributed by atoms with Crippen molar-refractivity contribution in [1.29, 1.82) is 0 Å². The molecule has 1 aliphatic heterocycles. The topological polar surface area (TPSA) is 88.5 Å². The Balaban J connectivity index is 1.80. The largest absolute Gasteiger partial charge is 0.481 e. The summed E-state index contributed by atoms with van der Waals surface area (Å²) >= 11 is 1.36. The van der Waals surface area contributed by atoms with Crippen LogP contribution < -0.4 is 5.32 Å². The molecule has 1 aromatic heterocycles. The maximum atomic E-state index is 12.0. The zero-order chi connectivity index (χ0) is 14.5. The van der Waals surface area contributed by atoms with Gasteiger partial charge in [0.1, 0.15) is 0 Å². The highest BCUT2D eigenvalue weighted by molar-refractivity contribution is 7.13. The summed E-state index contributed by atoms with van der Waals surface area (Å²) in [7, 11) is 0. The summed E-state index contributed by atoms with van der Waals surface area (Å²) in [6.45, 7) is 2.42. The first-order valence-electron chi connectivity index (χ1n) is 6.63. The fourth-order valence-corrected chi connectivity index (χ4v) is 2.85. The predicted molar refractivity (Wildman–Crippen MR) is 74.8 cm³/mol. The summed E-state index contributed by atoms with van der Waals surface area (Å²) in [4.78, 5) is 26.7. The smallest absolute Gasteiger partial charge is 0.303 e. The number of carbonyl (C=O) groups is 2. The number of anilines is 1. The molecule has 2 unspecified atom stereocenters. The molecule has 2 atom stereocenters. The molecule has 7 heteroatoms. The van der Waals surface area contributed by atoms with Crippen LogP contribution in [0.1, 0.15) is 31.9 Å². The van der Waals surface area contributed by atoms with E-state index < -0.39 is 5.97 Å². The van der Waals surface area contributed by atoms with Gasteiger partial charge in [0.2, 0.25) is 5.91 Å². The molecule has 0 aromatic carbocycles. The fourth-order valence-electron chi connectivity index (χ4n) is 2.11. The van der Waals surface area contributed by atoms with Gasteiger partial charge in [-0.2, -0.15) is 0 Å². The minimum atomic E-state index is -0.802. The van der Waals surface area contributed by atoms with Gasteiger partial charge in [0.25, 0.3) is 0 Å². The molecule has 0 aliphatic carbocycles. The quantitative estimate of drug-likeness (QED) is 0.837. The zero-order valence-electron chi connectivity index (χ0n) is 11.3. The van der Waals surface area contributed by atoms with Gasteiger partial charge in [0.05, 0.1) is 24.3 Å². The molecule has 1 aliphatic rings. The van der Waals surface area contributed by atoms with Gasteiger partial charge in [0.15, 0.2) is 5.13 Å². The number of carbonyl (C=O) groups excluding carboxylic acids is 1. The van der Waals surface area contributed by atoms with E-state index in [9.17, 15) is 9.59 Å². The summed E-state index contributed by atoms with van der Waals surface area (Å²) in [5.41, 5.74) is 0.822. The maximum absolute atomic E-state index is 12.0. The standard InChI is InChI=1S/C13H18N2O4S/c1-8-5-9(6-19-8)12(18)15-13-14-10(7-20-13)3-2-4-11(16)17/h7-9H,2-6H2,1H3,(H,16,17)(H,14,15,18). The lowest BCUT2D eigenvalue weighted by Crippen LogP contribution is -2.22. The molecule has 1 fully saturated rings. The van der Waals surface area contributed by atoms with E-state index in [4.69, 9.17) is 9.84 Å². The van der Waals surface area contributed by atoms with Gasteiger partial charge in [-0.15, -0.1) is 11.3 Å². The van der Waals surface area contributed by atoms with Crippen LogP contribution in [0, 0.1) is 5.92 Å². The molecule has 0 radical (unpaired) electrons. The van der Waals surface area contributed by atoms with Gasteiger partial charge in [-0.3, -0.25) is 9.59 Å². The van der Waals surface area contributed by atoms with Gasteiger partial charge < -0.3 is 15.2 Å². The second-order valence-electron chi connectivity index (χ2n) is 4.96. The summed E-state index contributed by atoms with van der Waals surface area (Å²) in [6, 6.07) is 0. The first-order valence-corrected chi connectivity index (χ1v) is 7.51. The number of rotatable bonds is 6. The average molecular weight is 298 g/mol. The van der Waals surface area contributed by atoms with E-state index in [1.54, 1.807) is 0 Å². The third-order valence-electron chi connectivity index (χ3n) is 3.17. The Bertz CT molecular complexity index is 488. The van der Waals surface area contributed by atoms with Gasteiger partial charge in [-0.25, -0.2) is 4.98 Å². The third kappa shape index (κ3) is 4.28. The van der Waals surface area contributed by atoms with E-state index in [1.165, 1.54) is 11.3 Å². The monoisotopic (exact) mass is 298 g/mol. The molecular weight excluding hydrogens is 280 g/mol. The van der Waals surface area contributed by atoms with Crippen molar-refractivity contribution in [2.45, 2.75) is 38.7 Å². The number of hydrogen-bond donors (Lipinski definition) is 2. The highest BCUT2D eigenvalue weighted by atomic mass is 32.1. The van der Waals surface area contributed by atoms with E-state index in [1.807, 2.05) is 12.3 Å². The van der Waals surface area contributed by atoms with Crippen LogP contribution >= 0.6 is 11.3 Å². The molecule has 2 N–H and O–H groups in total. The molecule has 0 bridgehead atoms. The van der Waals surface area contributed by atoms with Crippen LogP contribution in [0.25, 0.3) is 0 Å². The minimum absolute atomic E-state index is 0.0548. The second kappa shape index (κ2) is 6.81. The van der Waals surface area contributed by atoms with Crippen molar-refractivity contribution in [2.24, 2.45) is 5.92 Å². The Hall–Kier alpha value is -1.47. The van der Waals surface area contributed by atoms with Crippen LogP contribution in [-0.2, 0) is 20.7 Å². The van der Waals surface area contributed by atoms with Crippen molar-refractivity contribution in [3.05, 3.63) is 11.1 Å². The minimum Gasteiger partial charge on any atom is -0.481 e. The lowest BCUT2D eigenvalue weighted by molar-refractivity contribution is -0.137. The molecular formula is C13H18N2O4S. The normalized spacial score (nSPS) is 21.9. The number of aliphatic carboxylic acids is 1. The third-order valence-corrected chi connectivity index (χ3v) is 3.98. The highest BCUT2D eigenvalue weighted by Gasteiger charge is 2.28. The Kier molecular flexibility index (Phi) is 5.08. The molecule has 20 heavy (non-hydrogen) atoms. The van der Waals surface area contributed by atoms with Gasteiger partial charge in [0, 0.05) is 11.8 Å². The van der Waals surface area contributed by atoms with Crippen molar-refractivity contribution < 1.29 is 19.4 Å². The first-order chi connectivity index (χ1) is 9.54. The fraction of sp³-hybridized carbons (Fsp3) is 0.615. The Labute approximate surface area is 121 Å². The SMILES string of the molecule is CC1CC(C(=O)Nc2nc(CCCC(=O)O)cs2)CO1. The number of aryl methyl sites for hydroxylation is 1. The van der Waals surface area contributed by atoms with Crippen LogP contribution in [0.3, 0.4) is 0 Å². The average Bonchev–Trinajstić information content (AvgIpc) is 2.98. The molecule has 1 aromatic rings. The predicted octanol–water partition coefficient (Wildman–Crippen LogP) is 1.91. The summed E-state index contributed by atoms with van der Waals surface area (Å²) in [6.07, 6.45) is 2.18. The van der Waals surface area contributed by atoms with Crippen molar-refractivity contribution >= 4 is 28.3 Å². The molecule has 110 valence electrons. The Morgan fingerprint density at radius 2 is 2.40 bits per heavy atom. The molecule has 2 rings (SSSR count). The number of ether oxygens (including phenoxy) is 1. The van der Waals surface area contributed by atoms with Gasteiger partial charge in [-0.1, -0.05) is 0 Å². The number of aromatic nitrogens is 1.